The fraction of sp³-hybridized carbons (Fsp3) is 0.250. The molecular formula is C16H16N4OS. The van der Waals surface area contributed by atoms with Gasteiger partial charge in [0, 0.05) is 24.2 Å². The second-order valence-corrected chi connectivity index (χ2v) is 5.86. The van der Waals surface area contributed by atoms with Gasteiger partial charge < -0.3 is 0 Å². The summed E-state index contributed by atoms with van der Waals surface area (Å²) in [4.78, 5) is 27.2. The molecule has 0 radical (unpaired) electrons. The van der Waals surface area contributed by atoms with Crippen molar-refractivity contribution in [2.45, 2.75) is 19.4 Å². The topological polar surface area (TPSA) is 58.5 Å². The van der Waals surface area contributed by atoms with Gasteiger partial charge in [-0.15, -0.1) is 0 Å². The summed E-state index contributed by atoms with van der Waals surface area (Å²) in [5.41, 5.74) is 1.20. The van der Waals surface area contributed by atoms with Crippen molar-refractivity contribution in [2.24, 2.45) is 4.99 Å². The van der Waals surface area contributed by atoms with E-state index in [2.05, 4.69) is 21.9 Å². The van der Waals surface area contributed by atoms with E-state index in [1.165, 1.54) is 12.4 Å². The van der Waals surface area contributed by atoms with Crippen molar-refractivity contribution in [3.05, 3.63) is 54.6 Å². The predicted molar refractivity (Wildman–Crippen MR) is 88.3 cm³/mol. The Morgan fingerprint density at radius 1 is 1.36 bits per heavy atom. The lowest BCUT2D eigenvalue weighted by molar-refractivity contribution is 0.0813. The molecule has 0 bridgehead atoms. The van der Waals surface area contributed by atoms with Gasteiger partial charge in [-0.3, -0.25) is 14.7 Å². The van der Waals surface area contributed by atoms with Gasteiger partial charge in [0.25, 0.3) is 5.91 Å². The highest BCUT2D eigenvalue weighted by Crippen LogP contribution is 2.29. The Morgan fingerprint density at radius 3 is 2.86 bits per heavy atom. The van der Waals surface area contributed by atoms with E-state index >= 15 is 0 Å². The van der Waals surface area contributed by atoms with E-state index < -0.39 is 0 Å². The van der Waals surface area contributed by atoms with Gasteiger partial charge in [-0.25, -0.2) is 9.98 Å². The van der Waals surface area contributed by atoms with E-state index in [-0.39, 0.29) is 11.9 Å². The van der Waals surface area contributed by atoms with Crippen LogP contribution in [0.2, 0.25) is 0 Å². The van der Waals surface area contributed by atoms with Gasteiger partial charge in [-0.1, -0.05) is 36.9 Å². The molecule has 1 aromatic carbocycles. The lowest BCUT2D eigenvalue weighted by Crippen LogP contribution is -2.39. The third-order valence-corrected chi connectivity index (χ3v) is 4.53. The molecule has 1 saturated heterocycles. The van der Waals surface area contributed by atoms with Crippen molar-refractivity contribution in [1.29, 1.82) is 0 Å². The molecule has 2 aromatic rings. The SMILES string of the molecule is CC[C@@H]1CSC(=Nc2ccccc2)N1C(=O)c1cnccn1. The molecule has 0 N–H and O–H groups in total. The number of rotatable bonds is 3. The molecule has 22 heavy (non-hydrogen) atoms. The largest absolute Gasteiger partial charge is 0.282 e. The first-order chi connectivity index (χ1) is 10.8. The third-order valence-electron chi connectivity index (χ3n) is 3.43. The Balaban J connectivity index is 1.93. The number of amides is 1. The molecule has 1 aromatic heterocycles. The van der Waals surface area contributed by atoms with Crippen molar-refractivity contribution >= 4 is 28.5 Å². The van der Waals surface area contributed by atoms with E-state index in [0.29, 0.717) is 5.69 Å². The third kappa shape index (κ3) is 3.01. The summed E-state index contributed by atoms with van der Waals surface area (Å²) < 4.78 is 0. The summed E-state index contributed by atoms with van der Waals surface area (Å²) in [6, 6.07) is 9.82. The number of hydrogen-bond acceptors (Lipinski definition) is 5. The Hall–Kier alpha value is -2.21. The van der Waals surface area contributed by atoms with E-state index in [9.17, 15) is 4.79 Å². The summed E-state index contributed by atoms with van der Waals surface area (Å²) in [6.07, 6.45) is 5.47. The smallest absolute Gasteiger partial charge is 0.280 e. The highest BCUT2D eigenvalue weighted by Gasteiger charge is 2.35. The maximum absolute atomic E-state index is 12.7. The van der Waals surface area contributed by atoms with Crippen LogP contribution in [0.15, 0.2) is 53.9 Å². The number of thioether (sulfide) groups is 1. The molecular weight excluding hydrogens is 296 g/mol. The van der Waals surface area contributed by atoms with Gasteiger partial charge in [0.15, 0.2) is 5.17 Å². The number of para-hydroxylation sites is 1. The highest BCUT2D eigenvalue weighted by molar-refractivity contribution is 8.14. The molecule has 112 valence electrons. The van der Waals surface area contributed by atoms with Crippen LogP contribution in [0.5, 0.6) is 0 Å². The van der Waals surface area contributed by atoms with Crippen LogP contribution >= 0.6 is 11.8 Å². The summed E-state index contributed by atoms with van der Waals surface area (Å²) in [5.74, 6) is 0.716. The van der Waals surface area contributed by atoms with Crippen LogP contribution in [0.3, 0.4) is 0 Å². The maximum Gasteiger partial charge on any atom is 0.280 e. The number of hydrogen-bond donors (Lipinski definition) is 0. The lowest BCUT2D eigenvalue weighted by Gasteiger charge is -2.22. The van der Waals surface area contributed by atoms with Crippen molar-refractivity contribution < 1.29 is 4.79 Å². The fourth-order valence-corrected chi connectivity index (χ4v) is 3.52. The predicted octanol–water partition coefficient (Wildman–Crippen LogP) is 3.13. The highest BCUT2D eigenvalue weighted by atomic mass is 32.2. The van der Waals surface area contributed by atoms with E-state index in [1.807, 2.05) is 30.3 Å². The zero-order valence-corrected chi connectivity index (χ0v) is 13.0. The monoisotopic (exact) mass is 312 g/mol. The Labute approximate surface area is 133 Å². The van der Waals surface area contributed by atoms with Crippen molar-refractivity contribution in [1.82, 2.24) is 14.9 Å². The van der Waals surface area contributed by atoms with Crippen LogP contribution in [-0.4, -0.2) is 37.7 Å². The van der Waals surface area contributed by atoms with Crippen molar-refractivity contribution in [3.63, 3.8) is 0 Å². The van der Waals surface area contributed by atoms with Gasteiger partial charge in [0.2, 0.25) is 0 Å². The average molecular weight is 312 g/mol. The maximum atomic E-state index is 12.7. The Kier molecular flexibility index (Phi) is 4.48. The first-order valence-corrected chi connectivity index (χ1v) is 8.14. The number of aromatic nitrogens is 2. The van der Waals surface area contributed by atoms with E-state index in [0.717, 1.165) is 23.0 Å². The van der Waals surface area contributed by atoms with Crippen LogP contribution in [0.25, 0.3) is 0 Å². The minimum absolute atomic E-state index is 0.139. The number of nitrogens with zero attached hydrogens (tertiary/aromatic N) is 4. The zero-order chi connectivity index (χ0) is 15.4. The number of carbonyl (C=O) groups excluding carboxylic acids is 1. The molecule has 1 atom stereocenters. The molecule has 0 unspecified atom stereocenters. The average Bonchev–Trinajstić information content (AvgIpc) is 2.98. The molecule has 1 fully saturated rings. The first-order valence-electron chi connectivity index (χ1n) is 7.15. The zero-order valence-electron chi connectivity index (χ0n) is 12.2. The van der Waals surface area contributed by atoms with Crippen LogP contribution < -0.4 is 0 Å². The molecule has 0 spiro atoms. The normalized spacial score (nSPS) is 19.6. The molecule has 0 saturated carbocycles. The molecule has 6 heteroatoms. The van der Waals surface area contributed by atoms with Crippen LogP contribution in [-0.2, 0) is 0 Å². The quantitative estimate of drug-likeness (QED) is 0.873. The van der Waals surface area contributed by atoms with Gasteiger partial charge in [-0.05, 0) is 18.6 Å². The minimum atomic E-state index is -0.139. The van der Waals surface area contributed by atoms with Gasteiger partial charge in [0.1, 0.15) is 5.69 Å². The Morgan fingerprint density at radius 2 is 2.18 bits per heavy atom. The standard InChI is InChI=1S/C16H16N4OS/c1-2-13-11-22-16(19-12-6-4-3-5-7-12)20(13)15(21)14-10-17-8-9-18-14/h3-10,13H,2,11H2,1H3/t13-/m1/s1. The first kappa shape index (κ1) is 14.7. The van der Waals surface area contributed by atoms with Crippen molar-refractivity contribution in [3.8, 4) is 0 Å². The molecule has 0 aliphatic carbocycles. The molecule has 1 amide bonds. The second kappa shape index (κ2) is 6.70. The summed E-state index contributed by atoms with van der Waals surface area (Å²) in [7, 11) is 0. The molecule has 1 aliphatic rings. The number of amidine groups is 1. The number of carbonyl (C=O) groups is 1. The summed E-state index contributed by atoms with van der Waals surface area (Å²) >= 11 is 1.61. The summed E-state index contributed by atoms with van der Waals surface area (Å²) in [6.45, 7) is 2.08. The lowest BCUT2D eigenvalue weighted by atomic mass is 10.2. The molecule has 3 rings (SSSR count). The Bertz CT molecular complexity index is 675. The number of benzene rings is 1. The van der Waals surface area contributed by atoms with E-state index in [4.69, 9.17) is 0 Å². The molecule has 1 aliphatic heterocycles. The number of aliphatic imine (C=N–C) groups is 1. The van der Waals surface area contributed by atoms with E-state index in [1.54, 1.807) is 22.9 Å². The molecule has 2 heterocycles. The van der Waals surface area contributed by atoms with Crippen molar-refractivity contribution in [2.75, 3.05) is 5.75 Å². The van der Waals surface area contributed by atoms with Gasteiger partial charge in [0.05, 0.1) is 11.9 Å². The fourth-order valence-electron chi connectivity index (χ4n) is 2.26. The van der Waals surface area contributed by atoms with Gasteiger partial charge >= 0.3 is 0 Å². The van der Waals surface area contributed by atoms with Crippen LogP contribution in [0, 0.1) is 0 Å². The molecule has 5 nitrogen and oxygen atoms in total. The van der Waals surface area contributed by atoms with Crippen LogP contribution in [0.4, 0.5) is 5.69 Å². The van der Waals surface area contributed by atoms with Gasteiger partial charge in [-0.2, -0.15) is 0 Å². The minimum Gasteiger partial charge on any atom is -0.282 e. The summed E-state index contributed by atoms with van der Waals surface area (Å²) in [5, 5.41) is 0.730. The van der Waals surface area contributed by atoms with Crippen LogP contribution in [0.1, 0.15) is 23.8 Å². The second-order valence-electron chi connectivity index (χ2n) is 4.87.